The molecule has 1 aliphatic carbocycles. The second-order valence-corrected chi connectivity index (χ2v) is 5.93. The number of rotatable bonds is 5. The van der Waals surface area contributed by atoms with Gasteiger partial charge in [0, 0.05) is 0 Å². The first-order valence-electron chi connectivity index (χ1n) is 7.09. The van der Waals surface area contributed by atoms with E-state index in [1.165, 1.54) is 6.07 Å². The third-order valence-electron chi connectivity index (χ3n) is 4.36. The van der Waals surface area contributed by atoms with E-state index in [1.54, 1.807) is 19.1 Å². The lowest BCUT2D eigenvalue weighted by molar-refractivity contribution is -0.150. The maximum Gasteiger partial charge on any atom is 0.309 e. The number of benzene rings is 1. The molecule has 0 unspecified atom stereocenters. The predicted molar refractivity (Wildman–Crippen MR) is 76.7 cm³/mol. The van der Waals surface area contributed by atoms with E-state index >= 15 is 0 Å². The van der Waals surface area contributed by atoms with Gasteiger partial charge in [-0.3, -0.25) is 9.59 Å². The highest BCUT2D eigenvalue weighted by Gasteiger charge is 2.37. The Morgan fingerprint density at radius 1 is 1.43 bits per heavy atom. The number of phenols is 1. The number of phenolic OH excluding ortho intramolecular Hbond substituents is 1. The van der Waals surface area contributed by atoms with Crippen LogP contribution in [0.15, 0.2) is 18.2 Å². The van der Waals surface area contributed by atoms with Crippen molar-refractivity contribution < 1.29 is 24.5 Å². The zero-order valence-electron chi connectivity index (χ0n) is 12.0. The fourth-order valence-corrected chi connectivity index (χ4v) is 2.68. The maximum atomic E-state index is 11.2. The number of carbonyl (C=O) groups excluding carboxylic acids is 1. The zero-order valence-corrected chi connectivity index (χ0v) is 12.0. The molecule has 1 aliphatic rings. The molecule has 5 nitrogen and oxygen atoms in total. The van der Waals surface area contributed by atoms with Gasteiger partial charge in [0.1, 0.15) is 11.5 Å². The second-order valence-electron chi connectivity index (χ2n) is 5.93. The summed E-state index contributed by atoms with van der Waals surface area (Å²) in [7, 11) is 0. The van der Waals surface area contributed by atoms with Crippen molar-refractivity contribution in [1.29, 1.82) is 0 Å². The largest absolute Gasteiger partial charge is 0.507 e. The normalized spacial score (nSPS) is 25.3. The quantitative estimate of drug-likeness (QED) is 0.815. The van der Waals surface area contributed by atoms with E-state index in [0.29, 0.717) is 31.5 Å². The summed E-state index contributed by atoms with van der Waals surface area (Å²) < 4.78 is 5.64. The number of ether oxygens (including phenoxy) is 1. The van der Waals surface area contributed by atoms with Crippen LogP contribution in [0.4, 0.5) is 0 Å². The lowest BCUT2D eigenvalue weighted by Crippen LogP contribution is -2.33. The van der Waals surface area contributed by atoms with E-state index in [2.05, 4.69) is 0 Å². The van der Waals surface area contributed by atoms with Crippen molar-refractivity contribution in [2.24, 2.45) is 11.3 Å². The molecule has 0 saturated heterocycles. The van der Waals surface area contributed by atoms with Gasteiger partial charge in [-0.15, -0.1) is 0 Å². The number of aldehydes is 1. The van der Waals surface area contributed by atoms with Gasteiger partial charge in [-0.05, 0) is 50.7 Å². The van der Waals surface area contributed by atoms with Gasteiger partial charge in [0.25, 0.3) is 0 Å². The number of hydrogen-bond donors (Lipinski definition) is 2. The number of carboxylic acid groups (broad SMARTS) is 1. The molecular weight excluding hydrogens is 272 g/mol. The maximum absolute atomic E-state index is 11.2. The molecule has 0 aromatic heterocycles. The number of carbonyl (C=O) groups is 2. The molecule has 114 valence electrons. The zero-order chi connectivity index (χ0) is 15.5. The summed E-state index contributed by atoms with van der Waals surface area (Å²) in [4.78, 5) is 22.1. The molecule has 1 aromatic carbocycles. The first kappa shape index (κ1) is 15.4. The Morgan fingerprint density at radius 3 is 2.67 bits per heavy atom. The summed E-state index contributed by atoms with van der Waals surface area (Å²) in [5.74, 6) is -0.182. The minimum absolute atomic E-state index is 0.0930. The van der Waals surface area contributed by atoms with Crippen LogP contribution in [0.1, 0.15) is 43.0 Å². The molecule has 0 bridgehead atoms. The highest BCUT2D eigenvalue weighted by atomic mass is 16.5. The van der Waals surface area contributed by atoms with Crippen molar-refractivity contribution >= 4 is 12.3 Å². The highest BCUT2D eigenvalue weighted by Crippen LogP contribution is 2.39. The number of hydrogen-bond acceptors (Lipinski definition) is 4. The van der Waals surface area contributed by atoms with E-state index in [4.69, 9.17) is 4.74 Å². The second kappa shape index (κ2) is 6.16. The monoisotopic (exact) mass is 292 g/mol. The van der Waals surface area contributed by atoms with Crippen LogP contribution in [0.2, 0.25) is 0 Å². The summed E-state index contributed by atoms with van der Waals surface area (Å²) in [6.45, 7) is 2.21. The van der Waals surface area contributed by atoms with Gasteiger partial charge < -0.3 is 14.9 Å². The molecule has 0 atom stereocenters. The van der Waals surface area contributed by atoms with E-state index < -0.39 is 11.4 Å². The molecule has 2 rings (SSSR count). The van der Waals surface area contributed by atoms with Crippen LogP contribution in [0, 0.1) is 11.3 Å². The van der Waals surface area contributed by atoms with Gasteiger partial charge in [0.15, 0.2) is 6.29 Å². The Labute approximate surface area is 123 Å². The van der Waals surface area contributed by atoms with Crippen LogP contribution in [0.5, 0.6) is 11.5 Å². The minimum Gasteiger partial charge on any atom is -0.507 e. The standard InChI is InChI=1S/C16H20O5/c1-16(15(19)20)7-5-11(6-8-16)10-21-14-4-2-3-13(18)12(14)9-17/h2-4,9,11,18H,5-8,10H2,1H3,(H,19,20). The molecule has 1 aromatic rings. The molecule has 0 aliphatic heterocycles. The van der Waals surface area contributed by atoms with Crippen molar-refractivity contribution in [3.8, 4) is 11.5 Å². The van der Waals surface area contributed by atoms with Gasteiger partial charge in [0.2, 0.25) is 0 Å². The Hall–Kier alpha value is -2.04. The van der Waals surface area contributed by atoms with Crippen molar-refractivity contribution in [1.82, 2.24) is 0 Å². The molecule has 1 fully saturated rings. The van der Waals surface area contributed by atoms with Gasteiger partial charge >= 0.3 is 5.97 Å². The lowest BCUT2D eigenvalue weighted by atomic mass is 9.72. The molecular formula is C16H20O5. The fraction of sp³-hybridized carbons (Fsp3) is 0.500. The van der Waals surface area contributed by atoms with Crippen LogP contribution in [0.3, 0.4) is 0 Å². The highest BCUT2D eigenvalue weighted by molar-refractivity contribution is 5.83. The molecule has 0 spiro atoms. The van der Waals surface area contributed by atoms with Gasteiger partial charge in [-0.25, -0.2) is 0 Å². The fourth-order valence-electron chi connectivity index (χ4n) is 2.68. The average molecular weight is 292 g/mol. The molecule has 1 saturated carbocycles. The van der Waals surface area contributed by atoms with Crippen LogP contribution in [0.25, 0.3) is 0 Å². The molecule has 21 heavy (non-hydrogen) atoms. The smallest absolute Gasteiger partial charge is 0.309 e. The van der Waals surface area contributed by atoms with Crippen molar-refractivity contribution in [3.05, 3.63) is 23.8 Å². The summed E-state index contributed by atoms with van der Waals surface area (Å²) in [5, 5.41) is 18.8. The molecule has 0 heterocycles. The minimum atomic E-state index is -0.738. The number of carboxylic acids is 1. The van der Waals surface area contributed by atoms with Gasteiger partial charge in [-0.2, -0.15) is 0 Å². The van der Waals surface area contributed by atoms with Crippen LogP contribution >= 0.6 is 0 Å². The molecule has 0 radical (unpaired) electrons. The van der Waals surface area contributed by atoms with Crippen LogP contribution in [-0.2, 0) is 4.79 Å². The Balaban J connectivity index is 1.92. The Bertz CT molecular complexity index is 529. The van der Waals surface area contributed by atoms with Crippen molar-refractivity contribution in [3.63, 3.8) is 0 Å². The molecule has 0 amide bonds. The topological polar surface area (TPSA) is 83.8 Å². The van der Waals surface area contributed by atoms with Gasteiger partial charge in [-0.1, -0.05) is 6.07 Å². The van der Waals surface area contributed by atoms with Gasteiger partial charge in [0.05, 0.1) is 17.6 Å². The third-order valence-corrected chi connectivity index (χ3v) is 4.36. The Kier molecular flexibility index (Phi) is 4.50. The molecule has 2 N–H and O–H groups in total. The van der Waals surface area contributed by atoms with Crippen molar-refractivity contribution in [2.45, 2.75) is 32.6 Å². The van der Waals surface area contributed by atoms with E-state index in [1.807, 2.05) is 0 Å². The summed E-state index contributed by atoms with van der Waals surface area (Å²) in [6, 6.07) is 4.71. The van der Waals surface area contributed by atoms with Crippen LogP contribution in [-0.4, -0.2) is 29.1 Å². The third kappa shape index (κ3) is 3.35. The Morgan fingerprint density at radius 2 is 2.10 bits per heavy atom. The van der Waals surface area contributed by atoms with Crippen molar-refractivity contribution in [2.75, 3.05) is 6.61 Å². The SMILES string of the molecule is CC1(C(=O)O)CCC(COc2cccc(O)c2C=O)CC1. The summed E-state index contributed by atoms with van der Waals surface area (Å²) in [5.41, 5.74) is -0.473. The predicted octanol–water partition coefficient (Wildman–Crippen LogP) is 2.86. The van der Waals surface area contributed by atoms with E-state index in [0.717, 1.165) is 12.8 Å². The first-order valence-corrected chi connectivity index (χ1v) is 7.09. The lowest BCUT2D eigenvalue weighted by Gasteiger charge is -2.33. The van der Waals surface area contributed by atoms with E-state index in [9.17, 15) is 19.8 Å². The summed E-state index contributed by atoms with van der Waals surface area (Å²) in [6.07, 6.45) is 3.43. The molecule has 5 heteroatoms. The van der Waals surface area contributed by atoms with Crippen LogP contribution < -0.4 is 4.74 Å². The number of aliphatic carboxylic acids is 1. The summed E-state index contributed by atoms with van der Waals surface area (Å²) >= 11 is 0. The first-order chi connectivity index (χ1) is 9.96. The van der Waals surface area contributed by atoms with E-state index in [-0.39, 0.29) is 17.2 Å². The average Bonchev–Trinajstić information content (AvgIpc) is 2.46. The number of aromatic hydroxyl groups is 1.